The molecule has 0 spiro atoms. The van der Waals surface area contributed by atoms with Crippen LogP contribution in [-0.4, -0.2) is 42.7 Å². The summed E-state index contributed by atoms with van der Waals surface area (Å²) in [6, 6.07) is 19.9. The molecule has 0 N–H and O–H groups in total. The van der Waals surface area contributed by atoms with Crippen molar-refractivity contribution in [2.75, 3.05) is 12.3 Å². The quantitative estimate of drug-likeness (QED) is 0.343. The predicted molar refractivity (Wildman–Crippen MR) is 129 cm³/mol. The van der Waals surface area contributed by atoms with Gasteiger partial charge in [0.25, 0.3) is 0 Å². The molecule has 33 heavy (non-hydrogen) atoms. The molecular weight excluding hydrogens is 434 g/mol. The first kappa shape index (κ1) is 22.8. The number of hydrogen-bond donors (Lipinski definition) is 0. The number of rotatable bonds is 9. The smallest absolute Gasteiger partial charge is 0.233 e. The topological polar surface area (TPSA) is 72.6 Å². The number of aryl methyl sites for hydroxylation is 2. The molecule has 0 fully saturated rings. The summed E-state index contributed by atoms with van der Waals surface area (Å²) in [5, 5.41) is 9.13. The summed E-state index contributed by atoms with van der Waals surface area (Å²) in [7, 11) is 0. The zero-order chi connectivity index (χ0) is 23.2. The van der Waals surface area contributed by atoms with Crippen molar-refractivity contribution in [2.45, 2.75) is 39.1 Å². The van der Waals surface area contributed by atoms with Crippen LogP contribution in [0.1, 0.15) is 29.6 Å². The maximum Gasteiger partial charge on any atom is 0.233 e. The van der Waals surface area contributed by atoms with E-state index in [1.54, 1.807) is 0 Å². The summed E-state index contributed by atoms with van der Waals surface area (Å²) in [6.45, 7) is 7.55. The van der Waals surface area contributed by atoms with Crippen LogP contribution in [0.25, 0.3) is 5.65 Å². The number of aromatic nitrogens is 4. The second-order valence-electron chi connectivity index (χ2n) is 7.74. The summed E-state index contributed by atoms with van der Waals surface area (Å²) < 4.78 is 7.74. The third-order valence-corrected chi connectivity index (χ3v) is 6.18. The fourth-order valence-electron chi connectivity index (χ4n) is 3.54. The lowest BCUT2D eigenvalue weighted by Crippen LogP contribution is -2.31. The Labute approximate surface area is 197 Å². The molecule has 4 aromatic rings. The fraction of sp³-hybridized carbons (Fsp3) is 0.280. The van der Waals surface area contributed by atoms with Gasteiger partial charge in [-0.2, -0.15) is 0 Å². The van der Waals surface area contributed by atoms with E-state index in [1.165, 1.54) is 11.8 Å². The molecule has 2 aromatic heterocycles. The van der Waals surface area contributed by atoms with E-state index in [9.17, 15) is 4.79 Å². The standard InChI is InChI=1S/C25H27N5O2S/c1-4-29(15-20-10-12-22(13-11-20)32-16-21-8-6-5-7-9-21)24(31)17-33-25-28-27-23-14-18(2)26-19(3)30(23)25/h5-14H,4,15-17H2,1-3H3. The molecule has 1 amide bonds. The Kier molecular flexibility index (Phi) is 7.24. The molecule has 2 aromatic carbocycles. The fourth-order valence-corrected chi connectivity index (χ4v) is 4.43. The van der Waals surface area contributed by atoms with Gasteiger partial charge in [-0.25, -0.2) is 4.98 Å². The highest BCUT2D eigenvalue weighted by Crippen LogP contribution is 2.20. The maximum absolute atomic E-state index is 12.9. The zero-order valence-electron chi connectivity index (χ0n) is 19.1. The molecule has 0 aliphatic rings. The third kappa shape index (κ3) is 5.70. The number of nitrogens with zero attached hydrogens (tertiary/aromatic N) is 5. The van der Waals surface area contributed by atoms with Crippen molar-refractivity contribution < 1.29 is 9.53 Å². The van der Waals surface area contributed by atoms with Crippen LogP contribution in [0.15, 0.2) is 65.8 Å². The van der Waals surface area contributed by atoms with Crippen LogP contribution < -0.4 is 4.74 Å². The van der Waals surface area contributed by atoms with E-state index >= 15 is 0 Å². The number of carbonyl (C=O) groups is 1. The first-order chi connectivity index (χ1) is 16.0. The molecule has 8 heteroatoms. The molecule has 2 heterocycles. The number of carbonyl (C=O) groups excluding carboxylic acids is 1. The average Bonchev–Trinajstić information content (AvgIpc) is 3.24. The zero-order valence-corrected chi connectivity index (χ0v) is 19.9. The second kappa shape index (κ2) is 10.5. The third-order valence-electron chi connectivity index (χ3n) is 5.26. The lowest BCUT2D eigenvalue weighted by molar-refractivity contribution is -0.128. The Bertz CT molecular complexity index is 1230. The number of hydrogen-bond acceptors (Lipinski definition) is 6. The Hall–Kier alpha value is -3.39. The average molecular weight is 462 g/mol. The van der Waals surface area contributed by atoms with Crippen molar-refractivity contribution in [3.05, 3.63) is 83.3 Å². The van der Waals surface area contributed by atoms with E-state index in [-0.39, 0.29) is 5.91 Å². The lowest BCUT2D eigenvalue weighted by Gasteiger charge is -2.21. The molecule has 0 saturated heterocycles. The van der Waals surface area contributed by atoms with Crippen molar-refractivity contribution in [1.29, 1.82) is 0 Å². The maximum atomic E-state index is 12.9. The Morgan fingerprint density at radius 2 is 1.79 bits per heavy atom. The monoisotopic (exact) mass is 461 g/mol. The van der Waals surface area contributed by atoms with Crippen LogP contribution in [0, 0.1) is 13.8 Å². The van der Waals surface area contributed by atoms with Gasteiger partial charge in [-0.05, 0) is 44.0 Å². The summed E-state index contributed by atoms with van der Waals surface area (Å²) in [5.41, 5.74) is 3.83. The molecule has 170 valence electrons. The molecule has 0 radical (unpaired) electrons. The largest absolute Gasteiger partial charge is 0.489 e. The lowest BCUT2D eigenvalue weighted by atomic mass is 10.2. The van der Waals surface area contributed by atoms with Gasteiger partial charge in [0.05, 0.1) is 5.75 Å². The molecule has 7 nitrogen and oxygen atoms in total. The number of benzene rings is 2. The van der Waals surface area contributed by atoms with Crippen molar-refractivity contribution in [2.24, 2.45) is 0 Å². The van der Waals surface area contributed by atoms with Crippen molar-refractivity contribution in [3.63, 3.8) is 0 Å². The Balaban J connectivity index is 1.33. The molecule has 0 aliphatic carbocycles. The number of thioether (sulfide) groups is 1. The minimum absolute atomic E-state index is 0.0568. The predicted octanol–water partition coefficient (Wildman–Crippen LogP) is 4.46. The van der Waals surface area contributed by atoms with Gasteiger partial charge < -0.3 is 9.64 Å². The molecule has 4 rings (SSSR count). The van der Waals surface area contributed by atoms with E-state index in [0.717, 1.165) is 34.0 Å². The molecule has 0 saturated carbocycles. The summed E-state index contributed by atoms with van der Waals surface area (Å²) in [5.74, 6) is 1.97. The number of fused-ring (bicyclic) bond motifs is 1. The van der Waals surface area contributed by atoms with Crippen molar-refractivity contribution >= 4 is 23.3 Å². The van der Waals surface area contributed by atoms with E-state index in [4.69, 9.17) is 4.74 Å². The van der Waals surface area contributed by atoms with Gasteiger partial charge in [-0.15, -0.1) is 10.2 Å². The van der Waals surface area contributed by atoms with Crippen LogP contribution >= 0.6 is 11.8 Å². The van der Waals surface area contributed by atoms with Crippen molar-refractivity contribution in [3.8, 4) is 5.75 Å². The van der Waals surface area contributed by atoms with Crippen LogP contribution in [0.2, 0.25) is 0 Å². The van der Waals surface area contributed by atoms with Gasteiger partial charge in [0, 0.05) is 24.8 Å². The van der Waals surface area contributed by atoms with Crippen molar-refractivity contribution in [1.82, 2.24) is 24.5 Å². The van der Waals surface area contributed by atoms with Crippen LogP contribution in [-0.2, 0) is 17.9 Å². The summed E-state index contributed by atoms with van der Waals surface area (Å²) >= 11 is 1.38. The van der Waals surface area contributed by atoms with Crippen LogP contribution in [0.3, 0.4) is 0 Å². The number of ether oxygens (including phenoxy) is 1. The Morgan fingerprint density at radius 1 is 1.03 bits per heavy atom. The van der Waals surface area contributed by atoms with Gasteiger partial charge in [0.1, 0.15) is 18.2 Å². The molecule has 0 bridgehead atoms. The molecule has 0 unspecified atom stereocenters. The minimum atomic E-state index is 0.0568. The van der Waals surface area contributed by atoms with Gasteiger partial charge in [0.2, 0.25) is 5.91 Å². The highest BCUT2D eigenvalue weighted by Gasteiger charge is 2.16. The van der Waals surface area contributed by atoms with Gasteiger partial charge in [-0.3, -0.25) is 9.20 Å². The van der Waals surface area contributed by atoms with Crippen LogP contribution in [0.5, 0.6) is 5.75 Å². The second-order valence-corrected chi connectivity index (χ2v) is 8.68. The van der Waals surface area contributed by atoms with Crippen LogP contribution in [0.4, 0.5) is 0 Å². The van der Waals surface area contributed by atoms with Gasteiger partial charge in [-0.1, -0.05) is 54.2 Å². The highest BCUT2D eigenvalue weighted by molar-refractivity contribution is 7.99. The van der Waals surface area contributed by atoms with E-state index in [0.29, 0.717) is 30.6 Å². The summed E-state index contributed by atoms with van der Waals surface area (Å²) in [6.07, 6.45) is 0. The highest BCUT2D eigenvalue weighted by atomic mass is 32.2. The van der Waals surface area contributed by atoms with Gasteiger partial charge >= 0.3 is 0 Å². The molecule has 0 aliphatic heterocycles. The first-order valence-corrected chi connectivity index (χ1v) is 11.9. The number of amides is 1. The Morgan fingerprint density at radius 3 is 2.52 bits per heavy atom. The SMILES string of the molecule is CCN(Cc1ccc(OCc2ccccc2)cc1)C(=O)CSc1nnc2cc(C)nc(C)n12. The molecule has 0 atom stereocenters. The summed E-state index contributed by atoms with van der Waals surface area (Å²) in [4.78, 5) is 19.2. The van der Waals surface area contributed by atoms with Gasteiger partial charge in [0.15, 0.2) is 10.8 Å². The minimum Gasteiger partial charge on any atom is -0.489 e. The van der Waals surface area contributed by atoms with E-state index in [1.807, 2.05) is 90.7 Å². The molecular formula is C25H27N5O2S. The van der Waals surface area contributed by atoms with E-state index in [2.05, 4.69) is 15.2 Å². The first-order valence-electron chi connectivity index (χ1n) is 10.9. The normalized spacial score (nSPS) is 11.0. The van der Waals surface area contributed by atoms with E-state index < -0.39 is 0 Å².